The summed E-state index contributed by atoms with van der Waals surface area (Å²) in [6.45, 7) is 2.91. The molecule has 0 bridgehead atoms. The largest absolute Gasteiger partial charge is 0.494 e. The molecule has 8 nitrogen and oxygen atoms in total. The van der Waals surface area contributed by atoms with E-state index < -0.39 is 11.6 Å². The first-order valence-corrected chi connectivity index (χ1v) is 13.3. The van der Waals surface area contributed by atoms with Gasteiger partial charge < -0.3 is 29.4 Å². The third kappa shape index (κ3) is 5.63. The number of aliphatic hydroxyl groups is 1. The van der Waals surface area contributed by atoms with Crippen molar-refractivity contribution in [1.29, 1.82) is 0 Å². The van der Waals surface area contributed by atoms with Gasteiger partial charge in [-0.1, -0.05) is 34.1 Å². The molecule has 2 aliphatic rings. The number of nitrogens with zero attached hydrogens (tertiary/aromatic N) is 1. The fraction of sp³-hybridized carbons (Fsp3) is 0.310. The average Bonchev–Trinajstić information content (AvgIpc) is 3.53. The molecule has 2 aliphatic heterocycles. The Balaban J connectivity index is 1.39. The second-order valence-electron chi connectivity index (χ2n) is 9.22. The zero-order valence-corrected chi connectivity index (χ0v) is 22.6. The topological polar surface area (TPSA) is 98.6 Å². The first-order valence-electron chi connectivity index (χ1n) is 12.5. The molecule has 3 aromatic carbocycles. The van der Waals surface area contributed by atoms with Crippen LogP contribution in [0.1, 0.15) is 30.0 Å². The van der Waals surface area contributed by atoms with Crippen LogP contribution < -0.4 is 19.5 Å². The lowest BCUT2D eigenvalue weighted by molar-refractivity contribution is -0.128. The molecule has 1 amide bonds. The van der Waals surface area contributed by atoms with Crippen molar-refractivity contribution < 1.29 is 28.8 Å². The van der Waals surface area contributed by atoms with Gasteiger partial charge in [0.15, 0.2) is 17.0 Å². The zero-order chi connectivity index (χ0) is 26.5. The van der Waals surface area contributed by atoms with Crippen molar-refractivity contribution >= 4 is 27.7 Å². The van der Waals surface area contributed by atoms with Crippen molar-refractivity contribution in [3.05, 3.63) is 87.9 Å². The zero-order valence-electron chi connectivity index (χ0n) is 21.0. The number of nitrogens with one attached hydrogen (secondary N) is 1. The molecule has 0 aromatic heterocycles. The van der Waals surface area contributed by atoms with E-state index in [1.165, 1.54) is 0 Å². The number of benzene rings is 3. The van der Waals surface area contributed by atoms with Crippen molar-refractivity contribution in [2.75, 3.05) is 20.0 Å². The number of hydrogen-bond donors (Lipinski definition) is 2. The highest BCUT2D eigenvalue weighted by Crippen LogP contribution is 2.34. The predicted molar refractivity (Wildman–Crippen MR) is 146 cm³/mol. The van der Waals surface area contributed by atoms with Crippen molar-refractivity contribution in [1.82, 2.24) is 5.32 Å². The predicted octanol–water partition coefficient (Wildman–Crippen LogP) is 4.40. The number of aliphatic imine (C=N–C) groups is 1. The fourth-order valence-corrected chi connectivity index (χ4v) is 4.71. The lowest BCUT2D eigenvalue weighted by atomic mass is 9.86. The number of aliphatic hydroxyl groups excluding tert-OH is 1. The minimum atomic E-state index is -1.16. The molecule has 38 heavy (non-hydrogen) atoms. The summed E-state index contributed by atoms with van der Waals surface area (Å²) >= 11 is 3.48. The molecule has 0 aliphatic carbocycles. The monoisotopic (exact) mass is 580 g/mol. The van der Waals surface area contributed by atoms with E-state index >= 15 is 0 Å². The molecule has 5 rings (SSSR count). The lowest BCUT2D eigenvalue weighted by Crippen LogP contribution is -2.52. The Morgan fingerprint density at radius 2 is 1.82 bits per heavy atom. The van der Waals surface area contributed by atoms with E-state index in [2.05, 4.69) is 21.2 Å². The number of hydrogen-bond acceptors (Lipinski definition) is 7. The minimum absolute atomic E-state index is 0.0811. The van der Waals surface area contributed by atoms with Crippen LogP contribution in [0.15, 0.2) is 76.2 Å². The molecule has 0 fully saturated rings. The van der Waals surface area contributed by atoms with Crippen LogP contribution in [0.25, 0.3) is 0 Å². The molecule has 0 spiro atoms. The maximum atomic E-state index is 13.8. The minimum Gasteiger partial charge on any atom is -0.494 e. The Bertz CT molecular complexity index is 1310. The molecule has 0 radical (unpaired) electrons. The SMILES string of the molecule is C[C@H]1OC(c2ccc(OCCCO)cc2)=N[C@@]1(Cc1ccc(Br)cc1)C(=O)NCc1ccc2c(c1)OCO2. The van der Waals surface area contributed by atoms with E-state index in [-0.39, 0.29) is 19.3 Å². The summed E-state index contributed by atoms with van der Waals surface area (Å²) < 4.78 is 23.6. The van der Waals surface area contributed by atoms with Crippen LogP contribution in [0.2, 0.25) is 0 Å². The standard InChI is InChI=1S/C29H29BrN2O6/c1-19-29(16-20-3-8-23(30)9-4-20,28(34)31-17-21-5-12-25-26(15-21)37-18-36-25)32-27(38-19)22-6-10-24(11-7-22)35-14-2-13-33/h3-12,15,19,33H,2,13-14,16-18H2,1H3,(H,31,34)/t19-,29-/m1/s1. The Labute approximate surface area is 229 Å². The highest BCUT2D eigenvalue weighted by Gasteiger charge is 2.50. The first kappa shape index (κ1) is 26.1. The normalized spacial score (nSPS) is 19.6. The summed E-state index contributed by atoms with van der Waals surface area (Å²) in [6.07, 6.45) is 0.438. The van der Waals surface area contributed by atoms with Gasteiger partial charge >= 0.3 is 0 Å². The van der Waals surface area contributed by atoms with Gasteiger partial charge in [0, 0.05) is 36.0 Å². The van der Waals surface area contributed by atoms with Crippen LogP contribution in [0.5, 0.6) is 17.2 Å². The molecule has 3 aromatic rings. The van der Waals surface area contributed by atoms with Gasteiger partial charge in [-0.25, -0.2) is 4.99 Å². The number of fused-ring (bicyclic) bond motifs is 1. The third-order valence-corrected chi connectivity index (χ3v) is 7.13. The summed E-state index contributed by atoms with van der Waals surface area (Å²) in [4.78, 5) is 18.7. The van der Waals surface area contributed by atoms with Gasteiger partial charge in [-0.2, -0.15) is 0 Å². The Hall–Kier alpha value is -3.56. The van der Waals surface area contributed by atoms with Gasteiger partial charge in [-0.3, -0.25) is 4.79 Å². The van der Waals surface area contributed by atoms with Gasteiger partial charge in [-0.15, -0.1) is 0 Å². The molecule has 2 heterocycles. The molecule has 0 saturated carbocycles. The van der Waals surface area contributed by atoms with E-state index in [0.717, 1.165) is 21.2 Å². The second kappa shape index (κ2) is 11.4. The number of carbonyl (C=O) groups is 1. The summed E-state index contributed by atoms with van der Waals surface area (Å²) in [5, 5.41) is 12.0. The number of halogens is 1. The molecule has 198 valence electrons. The summed E-state index contributed by atoms with van der Waals surface area (Å²) in [7, 11) is 0. The van der Waals surface area contributed by atoms with Crippen LogP contribution in [0.3, 0.4) is 0 Å². The molecular weight excluding hydrogens is 552 g/mol. The molecule has 2 atom stereocenters. The van der Waals surface area contributed by atoms with E-state index in [1.54, 1.807) is 0 Å². The fourth-order valence-electron chi connectivity index (χ4n) is 4.44. The van der Waals surface area contributed by atoms with Crippen LogP contribution in [-0.4, -0.2) is 48.6 Å². The van der Waals surface area contributed by atoms with Crippen LogP contribution in [0, 0.1) is 0 Å². The summed E-state index contributed by atoms with van der Waals surface area (Å²) in [5.74, 6) is 2.25. The highest BCUT2D eigenvalue weighted by molar-refractivity contribution is 9.10. The van der Waals surface area contributed by atoms with E-state index in [0.29, 0.717) is 49.1 Å². The number of rotatable bonds is 10. The lowest BCUT2D eigenvalue weighted by Gasteiger charge is -2.28. The molecular formula is C29H29BrN2O6. The van der Waals surface area contributed by atoms with E-state index in [1.807, 2.05) is 73.7 Å². The van der Waals surface area contributed by atoms with Crippen LogP contribution in [0.4, 0.5) is 0 Å². The van der Waals surface area contributed by atoms with Crippen LogP contribution in [-0.2, 0) is 22.5 Å². The number of amides is 1. The van der Waals surface area contributed by atoms with Crippen molar-refractivity contribution in [2.24, 2.45) is 4.99 Å². The van der Waals surface area contributed by atoms with Crippen LogP contribution >= 0.6 is 15.9 Å². The van der Waals surface area contributed by atoms with Gasteiger partial charge in [0.1, 0.15) is 11.9 Å². The van der Waals surface area contributed by atoms with Crippen molar-refractivity contribution in [3.8, 4) is 17.2 Å². The van der Waals surface area contributed by atoms with Gasteiger partial charge in [0.05, 0.1) is 6.61 Å². The summed E-state index contributed by atoms with van der Waals surface area (Å²) in [5.41, 5.74) is 1.47. The highest BCUT2D eigenvalue weighted by atomic mass is 79.9. The molecule has 0 saturated heterocycles. The summed E-state index contributed by atoms with van der Waals surface area (Å²) in [6, 6.07) is 20.9. The Morgan fingerprint density at radius 3 is 2.58 bits per heavy atom. The number of ether oxygens (including phenoxy) is 4. The van der Waals surface area contributed by atoms with Gasteiger partial charge in [0.25, 0.3) is 5.91 Å². The quantitative estimate of drug-likeness (QED) is 0.345. The van der Waals surface area contributed by atoms with Gasteiger partial charge in [0.2, 0.25) is 12.7 Å². The first-order chi connectivity index (χ1) is 18.5. The second-order valence-corrected chi connectivity index (χ2v) is 10.1. The van der Waals surface area contributed by atoms with Crippen molar-refractivity contribution in [3.63, 3.8) is 0 Å². The molecule has 2 N–H and O–H groups in total. The van der Waals surface area contributed by atoms with E-state index in [4.69, 9.17) is 29.0 Å². The van der Waals surface area contributed by atoms with Gasteiger partial charge in [-0.05, 0) is 66.6 Å². The maximum Gasteiger partial charge on any atom is 0.252 e. The van der Waals surface area contributed by atoms with Crippen molar-refractivity contribution in [2.45, 2.75) is 38.0 Å². The maximum absolute atomic E-state index is 13.8. The molecule has 0 unspecified atom stereocenters. The van der Waals surface area contributed by atoms with E-state index in [9.17, 15) is 4.79 Å². The average molecular weight is 581 g/mol. The Morgan fingerprint density at radius 1 is 1.08 bits per heavy atom. The molecule has 9 heteroatoms. The smallest absolute Gasteiger partial charge is 0.252 e. The third-order valence-electron chi connectivity index (χ3n) is 6.60. The number of carbonyl (C=O) groups excluding carboxylic acids is 1. The Kier molecular flexibility index (Phi) is 7.85.